The maximum absolute atomic E-state index is 12.9. The summed E-state index contributed by atoms with van der Waals surface area (Å²) in [7, 11) is 0. The Morgan fingerprint density at radius 1 is 0.857 bits per heavy atom. The highest BCUT2D eigenvalue weighted by molar-refractivity contribution is 6.04. The van der Waals surface area contributed by atoms with Gasteiger partial charge in [0.25, 0.3) is 11.8 Å². The Bertz CT molecular complexity index is 1010. The second kappa shape index (κ2) is 8.73. The van der Waals surface area contributed by atoms with Crippen molar-refractivity contribution in [3.63, 3.8) is 0 Å². The van der Waals surface area contributed by atoms with Gasteiger partial charge in [-0.25, -0.2) is 9.82 Å². The number of rotatable bonds is 5. The lowest BCUT2D eigenvalue weighted by Gasteiger charge is -2.06. The zero-order chi connectivity index (χ0) is 19.9. The number of carbonyl (C=O) groups is 2. The van der Waals surface area contributed by atoms with Crippen molar-refractivity contribution >= 4 is 23.7 Å². The lowest BCUT2D eigenvalue weighted by atomic mass is 10.1. The highest BCUT2D eigenvalue weighted by Crippen LogP contribution is 2.12. The molecule has 0 spiro atoms. The van der Waals surface area contributed by atoms with Gasteiger partial charge < -0.3 is 5.32 Å². The van der Waals surface area contributed by atoms with Gasteiger partial charge in [0.15, 0.2) is 0 Å². The average molecular weight is 375 g/mol. The van der Waals surface area contributed by atoms with E-state index in [4.69, 9.17) is 0 Å². The van der Waals surface area contributed by atoms with Gasteiger partial charge in [0, 0.05) is 16.8 Å². The molecule has 28 heavy (non-hydrogen) atoms. The molecule has 0 fully saturated rings. The topological polar surface area (TPSA) is 70.6 Å². The quantitative estimate of drug-likeness (QED) is 0.519. The molecule has 0 radical (unpaired) electrons. The van der Waals surface area contributed by atoms with E-state index >= 15 is 0 Å². The minimum absolute atomic E-state index is 0.341. The van der Waals surface area contributed by atoms with Crippen molar-refractivity contribution in [3.05, 3.63) is 101 Å². The Kier molecular flexibility index (Phi) is 5.91. The van der Waals surface area contributed by atoms with Gasteiger partial charge in [0.2, 0.25) is 0 Å². The summed E-state index contributed by atoms with van der Waals surface area (Å²) in [6.45, 7) is 1.96. The fourth-order valence-corrected chi connectivity index (χ4v) is 2.47. The van der Waals surface area contributed by atoms with Crippen LogP contribution in [0.2, 0.25) is 0 Å². The largest absolute Gasteiger partial charge is 0.322 e. The van der Waals surface area contributed by atoms with E-state index in [1.165, 1.54) is 24.3 Å². The molecule has 3 aromatic rings. The maximum Gasteiger partial charge on any atom is 0.271 e. The summed E-state index contributed by atoms with van der Waals surface area (Å²) in [6.07, 6.45) is 1.59. The average Bonchev–Trinajstić information content (AvgIpc) is 2.70. The molecule has 0 saturated heterocycles. The first-order chi connectivity index (χ1) is 13.5. The first-order valence-corrected chi connectivity index (χ1v) is 8.59. The van der Waals surface area contributed by atoms with Crippen molar-refractivity contribution in [3.8, 4) is 0 Å². The van der Waals surface area contributed by atoms with Crippen molar-refractivity contribution in [1.82, 2.24) is 5.43 Å². The number of benzene rings is 3. The summed E-state index contributed by atoms with van der Waals surface area (Å²) in [5.74, 6) is -1.13. The third kappa shape index (κ3) is 4.88. The standard InChI is InChI=1S/C22H18FN3O2/c1-15-4-2-3-5-18(15)14-24-26-22(28)17-8-12-20(13-9-17)25-21(27)16-6-10-19(23)11-7-16/h2-14H,1H3,(H,25,27)(H,26,28)/b24-14-. The molecule has 3 rings (SSSR count). The molecule has 3 aromatic carbocycles. The van der Waals surface area contributed by atoms with Gasteiger partial charge in [0.1, 0.15) is 5.82 Å². The van der Waals surface area contributed by atoms with Gasteiger partial charge >= 0.3 is 0 Å². The highest BCUT2D eigenvalue weighted by Gasteiger charge is 2.08. The molecule has 0 aliphatic carbocycles. The van der Waals surface area contributed by atoms with Crippen LogP contribution in [0.5, 0.6) is 0 Å². The number of carbonyl (C=O) groups excluding carboxylic acids is 2. The predicted molar refractivity (Wildman–Crippen MR) is 107 cm³/mol. The number of anilines is 1. The Morgan fingerprint density at radius 2 is 1.46 bits per heavy atom. The molecule has 5 nitrogen and oxygen atoms in total. The van der Waals surface area contributed by atoms with E-state index in [2.05, 4.69) is 15.8 Å². The summed E-state index contributed by atoms with van der Waals surface area (Å²) in [6, 6.07) is 19.3. The maximum atomic E-state index is 12.9. The van der Waals surface area contributed by atoms with Gasteiger partial charge in [-0.05, 0) is 66.6 Å². The van der Waals surface area contributed by atoms with Crippen LogP contribution in [-0.2, 0) is 0 Å². The predicted octanol–water partition coefficient (Wildman–Crippen LogP) is 4.15. The number of nitrogens with one attached hydrogen (secondary N) is 2. The smallest absolute Gasteiger partial charge is 0.271 e. The van der Waals surface area contributed by atoms with Gasteiger partial charge in [-0.3, -0.25) is 9.59 Å². The monoisotopic (exact) mass is 375 g/mol. The van der Waals surface area contributed by atoms with Crippen molar-refractivity contribution in [1.29, 1.82) is 0 Å². The van der Waals surface area contributed by atoms with E-state index in [1.54, 1.807) is 30.5 Å². The third-order valence-electron chi connectivity index (χ3n) is 4.07. The number of hydrazone groups is 1. The van der Waals surface area contributed by atoms with E-state index < -0.39 is 5.82 Å². The number of hydrogen-bond donors (Lipinski definition) is 2. The van der Waals surface area contributed by atoms with Crippen LogP contribution in [0.4, 0.5) is 10.1 Å². The van der Waals surface area contributed by atoms with Gasteiger partial charge in [0.05, 0.1) is 6.21 Å². The van der Waals surface area contributed by atoms with E-state index in [-0.39, 0.29) is 11.8 Å². The lowest BCUT2D eigenvalue weighted by molar-refractivity contribution is 0.0954. The summed E-state index contributed by atoms with van der Waals surface area (Å²) >= 11 is 0. The molecule has 140 valence electrons. The van der Waals surface area contributed by atoms with Crippen LogP contribution >= 0.6 is 0 Å². The Morgan fingerprint density at radius 3 is 2.14 bits per heavy atom. The molecule has 0 aromatic heterocycles. The van der Waals surface area contributed by atoms with Gasteiger partial charge in [-0.15, -0.1) is 0 Å². The zero-order valence-corrected chi connectivity index (χ0v) is 15.1. The fourth-order valence-electron chi connectivity index (χ4n) is 2.47. The molecular formula is C22H18FN3O2. The van der Waals surface area contributed by atoms with Crippen LogP contribution < -0.4 is 10.7 Å². The van der Waals surface area contributed by atoms with Crippen LogP contribution in [0.1, 0.15) is 31.8 Å². The fraction of sp³-hybridized carbons (Fsp3) is 0.0455. The normalized spacial score (nSPS) is 10.6. The molecule has 2 amide bonds. The Balaban J connectivity index is 1.59. The number of hydrogen-bond acceptors (Lipinski definition) is 3. The highest BCUT2D eigenvalue weighted by atomic mass is 19.1. The van der Waals surface area contributed by atoms with Gasteiger partial charge in [-0.1, -0.05) is 24.3 Å². The molecule has 0 unspecified atom stereocenters. The van der Waals surface area contributed by atoms with Crippen LogP contribution in [0, 0.1) is 12.7 Å². The summed E-state index contributed by atoms with van der Waals surface area (Å²) in [5, 5.41) is 6.66. The molecule has 0 heterocycles. The van der Waals surface area contributed by atoms with Crippen molar-refractivity contribution in [2.75, 3.05) is 5.32 Å². The molecular weight excluding hydrogens is 357 g/mol. The number of aryl methyl sites for hydroxylation is 1. The van der Waals surface area contributed by atoms with Crippen molar-refractivity contribution < 1.29 is 14.0 Å². The van der Waals surface area contributed by atoms with Crippen LogP contribution in [-0.4, -0.2) is 18.0 Å². The molecule has 2 N–H and O–H groups in total. The van der Waals surface area contributed by atoms with Crippen molar-refractivity contribution in [2.45, 2.75) is 6.92 Å². The third-order valence-corrected chi connectivity index (χ3v) is 4.07. The molecule has 0 saturated carbocycles. The minimum Gasteiger partial charge on any atom is -0.322 e. The number of amides is 2. The second-order valence-corrected chi connectivity index (χ2v) is 6.09. The number of nitrogens with zero attached hydrogens (tertiary/aromatic N) is 1. The molecule has 0 atom stereocenters. The summed E-state index contributed by atoms with van der Waals surface area (Å²) in [4.78, 5) is 24.3. The van der Waals surface area contributed by atoms with E-state index in [0.717, 1.165) is 11.1 Å². The van der Waals surface area contributed by atoms with Gasteiger partial charge in [-0.2, -0.15) is 5.10 Å². The molecule has 0 aliphatic rings. The second-order valence-electron chi connectivity index (χ2n) is 6.09. The van der Waals surface area contributed by atoms with Crippen LogP contribution in [0.25, 0.3) is 0 Å². The van der Waals surface area contributed by atoms with Crippen molar-refractivity contribution in [2.24, 2.45) is 5.10 Å². The first kappa shape index (κ1) is 19.0. The van der Waals surface area contributed by atoms with E-state index in [1.807, 2.05) is 31.2 Å². The molecule has 0 aliphatic heterocycles. The molecule has 6 heteroatoms. The lowest BCUT2D eigenvalue weighted by Crippen LogP contribution is -2.18. The summed E-state index contributed by atoms with van der Waals surface area (Å²) in [5.41, 5.74) is 5.72. The number of halogens is 1. The van der Waals surface area contributed by atoms with E-state index in [9.17, 15) is 14.0 Å². The first-order valence-electron chi connectivity index (χ1n) is 8.59. The zero-order valence-electron chi connectivity index (χ0n) is 15.1. The summed E-state index contributed by atoms with van der Waals surface area (Å²) < 4.78 is 12.9. The SMILES string of the molecule is Cc1ccccc1/C=N\NC(=O)c1ccc(NC(=O)c2ccc(F)cc2)cc1. The van der Waals surface area contributed by atoms with E-state index in [0.29, 0.717) is 16.8 Å². The van der Waals surface area contributed by atoms with Crippen LogP contribution in [0.3, 0.4) is 0 Å². The Hall–Kier alpha value is -3.80. The van der Waals surface area contributed by atoms with Crippen LogP contribution in [0.15, 0.2) is 77.9 Å². The Labute approximate surface area is 161 Å². The minimum atomic E-state index is -0.406. The molecule has 0 bridgehead atoms.